The van der Waals surface area contributed by atoms with Gasteiger partial charge in [0.05, 0.1) is 27.5 Å². The molecular formula is C54H60N12O15. The molecule has 0 saturated heterocycles. The van der Waals surface area contributed by atoms with E-state index in [1.165, 1.54) is 53.5 Å². The van der Waals surface area contributed by atoms with Crippen molar-refractivity contribution in [2.45, 2.75) is 70.9 Å². The number of hydrogen-bond acceptors (Lipinski definition) is 16. The number of rotatable bonds is 29. The number of imide groups is 3. The molecule has 12 amide bonds. The molecule has 7 rings (SSSR count). The maximum atomic E-state index is 14.2. The van der Waals surface area contributed by atoms with Crippen LogP contribution in [0.2, 0.25) is 0 Å². The van der Waals surface area contributed by atoms with Crippen LogP contribution in [-0.4, -0.2) is 166 Å². The number of hydrogen-bond donors (Lipinski definition) is 6. The lowest BCUT2D eigenvalue weighted by atomic mass is 9.93. The van der Waals surface area contributed by atoms with E-state index in [0.29, 0.717) is 35.4 Å². The predicted molar refractivity (Wildman–Crippen MR) is 289 cm³/mol. The quantitative estimate of drug-likeness (QED) is 0.0196. The molecule has 2 atom stereocenters. The van der Waals surface area contributed by atoms with Gasteiger partial charge < -0.3 is 37.2 Å². The first-order valence-electron chi connectivity index (χ1n) is 26.2. The van der Waals surface area contributed by atoms with Crippen LogP contribution >= 0.6 is 0 Å². The van der Waals surface area contributed by atoms with Crippen LogP contribution in [0.25, 0.3) is 21.5 Å². The molecule has 0 spiro atoms. The number of nitrogens with two attached hydrogens (primary N) is 1. The Hall–Kier alpha value is -9.53. The molecule has 0 fully saturated rings. The number of nitro benzene ring substituents is 2. The Labute approximate surface area is 462 Å². The molecular weight excluding hydrogens is 1060 g/mol. The van der Waals surface area contributed by atoms with E-state index in [0.717, 1.165) is 26.8 Å². The van der Waals surface area contributed by atoms with Crippen LogP contribution in [0.15, 0.2) is 72.8 Å². The molecule has 3 heterocycles. The van der Waals surface area contributed by atoms with Gasteiger partial charge in [0.1, 0.15) is 12.1 Å². The lowest BCUT2D eigenvalue weighted by Crippen LogP contribution is -2.56. The van der Waals surface area contributed by atoms with E-state index in [9.17, 15) is 73.0 Å². The van der Waals surface area contributed by atoms with Crippen molar-refractivity contribution < 1.29 is 62.6 Å². The first kappa shape index (κ1) is 59.1. The average Bonchev–Trinajstić information content (AvgIpc) is 3.86. The molecule has 27 heteroatoms. The highest BCUT2D eigenvalue weighted by molar-refractivity contribution is 6.27. The monoisotopic (exact) mass is 1120 g/mol. The summed E-state index contributed by atoms with van der Waals surface area (Å²) in [4.78, 5) is 172. The van der Waals surface area contributed by atoms with Crippen LogP contribution in [-0.2, 0) is 28.8 Å². The van der Waals surface area contributed by atoms with Crippen molar-refractivity contribution in [1.29, 1.82) is 0 Å². The number of nitrogens with one attached hydrogen (secondary N) is 5. The van der Waals surface area contributed by atoms with E-state index >= 15 is 0 Å². The van der Waals surface area contributed by atoms with Crippen LogP contribution < -0.4 is 32.3 Å². The second kappa shape index (κ2) is 26.4. The Bertz CT molecular complexity index is 3270. The van der Waals surface area contributed by atoms with Gasteiger partial charge in [-0.1, -0.05) is 44.5 Å². The van der Waals surface area contributed by atoms with E-state index in [4.69, 9.17) is 5.73 Å². The van der Waals surface area contributed by atoms with Crippen molar-refractivity contribution in [3.63, 3.8) is 0 Å². The Morgan fingerprint density at radius 2 is 1.17 bits per heavy atom. The maximum Gasteiger partial charge on any atom is 0.312 e. The number of nitro groups is 2. The normalized spacial score (nSPS) is 14.4. The van der Waals surface area contributed by atoms with Gasteiger partial charge in [-0.15, -0.1) is 0 Å². The summed E-state index contributed by atoms with van der Waals surface area (Å²) < 4.78 is 0. The highest BCUT2D eigenvalue weighted by Gasteiger charge is 2.37. The maximum absolute atomic E-state index is 14.2. The summed E-state index contributed by atoms with van der Waals surface area (Å²) in [6, 6.07) is 10.7. The number of urea groups is 1. The molecule has 0 aliphatic carbocycles. The fraction of sp³-hybridized carbons (Fsp3) is 0.389. The van der Waals surface area contributed by atoms with Gasteiger partial charge >= 0.3 is 6.03 Å². The van der Waals surface area contributed by atoms with Gasteiger partial charge in [-0.3, -0.25) is 82.9 Å². The summed E-state index contributed by atoms with van der Waals surface area (Å²) in [6.07, 6.45) is 3.98. The minimum absolute atomic E-state index is 0.00429. The third-order valence-electron chi connectivity index (χ3n) is 14.0. The van der Waals surface area contributed by atoms with Gasteiger partial charge in [-0.25, -0.2) is 4.79 Å². The third-order valence-corrected chi connectivity index (χ3v) is 14.0. The summed E-state index contributed by atoms with van der Waals surface area (Å²) in [5.74, 6) is -6.86. The second-order valence-corrected chi connectivity index (χ2v) is 19.8. The Morgan fingerprint density at radius 3 is 1.73 bits per heavy atom. The first-order valence-corrected chi connectivity index (χ1v) is 26.2. The lowest BCUT2D eigenvalue weighted by molar-refractivity contribution is -0.384. The summed E-state index contributed by atoms with van der Waals surface area (Å²) >= 11 is 0. The Kier molecular flexibility index (Phi) is 19.3. The largest absolute Gasteiger partial charge is 0.352 e. The van der Waals surface area contributed by atoms with Crippen LogP contribution in [0.5, 0.6) is 0 Å². The summed E-state index contributed by atoms with van der Waals surface area (Å²) in [5.41, 5.74) is 4.75. The van der Waals surface area contributed by atoms with Crippen LogP contribution in [0.4, 0.5) is 16.2 Å². The number of nitrogens with zero attached hydrogens (tertiary/aromatic N) is 6. The molecule has 27 nitrogen and oxygen atoms in total. The van der Waals surface area contributed by atoms with Gasteiger partial charge in [-0.05, 0) is 67.5 Å². The number of carbonyl (C=O) groups is 11. The lowest BCUT2D eigenvalue weighted by Gasteiger charge is -2.30. The molecule has 2 unspecified atom stereocenters. The molecule has 0 aromatic heterocycles. The summed E-state index contributed by atoms with van der Waals surface area (Å²) in [6.45, 7) is 2.26. The van der Waals surface area contributed by atoms with Crippen LogP contribution in [0.3, 0.4) is 0 Å². The molecule has 3 aliphatic rings. The van der Waals surface area contributed by atoms with Gasteiger partial charge in [0.15, 0.2) is 0 Å². The number of amides is 12. The zero-order valence-corrected chi connectivity index (χ0v) is 44.4. The smallest absolute Gasteiger partial charge is 0.312 e. The average molecular weight is 1120 g/mol. The van der Waals surface area contributed by atoms with Crippen LogP contribution in [0, 0.1) is 26.1 Å². The van der Waals surface area contributed by atoms with E-state index < -0.39 is 99.5 Å². The van der Waals surface area contributed by atoms with Crippen molar-refractivity contribution in [2.75, 3.05) is 58.9 Å². The van der Waals surface area contributed by atoms with Gasteiger partial charge in [0.25, 0.3) is 46.8 Å². The number of primary amides is 1. The van der Waals surface area contributed by atoms with Gasteiger partial charge in [0.2, 0.25) is 23.6 Å². The zero-order valence-electron chi connectivity index (χ0n) is 44.4. The Morgan fingerprint density at radius 1 is 0.605 bits per heavy atom. The van der Waals surface area contributed by atoms with Gasteiger partial charge in [0, 0.05) is 111 Å². The molecule has 3 aliphatic heterocycles. The summed E-state index contributed by atoms with van der Waals surface area (Å²) in [7, 11) is 0. The second-order valence-electron chi connectivity index (χ2n) is 19.8. The SMILES string of the molecule is CC(C)C(NC(=O)CCCCCN1C(=O)C=CC1=O)C(=O)NC(CCCNC(N)=O)C(=O)NCC(=O)N(CCCNCCN1C(=O)c2cccc3cc([N+](=O)[O-])cc(c23)C1=O)CCN1C(=O)c2cccc3cc([N+](=O)[O-])cc(c23)C1=O. The van der Waals surface area contributed by atoms with Crippen LogP contribution in [0.1, 0.15) is 100 Å². The van der Waals surface area contributed by atoms with Crippen molar-refractivity contribution in [3.8, 4) is 0 Å². The Balaban J connectivity index is 1.00. The predicted octanol–water partition coefficient (Wildman–Crippen LogP) is 2.19. The van der Waals surface area contributed by atoms with Crippen molar-refractivity contribution >= 4 is 98.0 Å². The standard InChI is InChI=1S/C54H60N12O15/c1-31(2)47(60-41(67)15-4-3-5-22-62-42(68)16-17-43(62)69)49(72)59-40(14-8-19-57-54(55)77)48(71)58-30-44(70)61(24-25-64-51(74)37-13-7-11-33-27-35(66(80)81)29-39(46(33)37)53(64)76)21-9-18-56-20-23-63-50(73)36-12-6-10-32-26-34(65(78)79)28-38(45(32)36)52(63)75/h6-7,10-13,16-17,26-29,31,40,47,56H,3-5,8-9,14-15,18-25,30H2,1-2H3,(H,58,71)(H,59,72)(H,60,67)(H3,55,57,77). The molecule has 4 aromatic carbocycles. The fourth-order valence-electron chi connectivity index (χ4n) is 9.80. The highest BCUT2D eigenvalue weighted by Crippen LogP contribution is 2.35. The van der Waals surface area contributed by atoms with Crippen molar-refractivity contribution in [2.24, 2.45) is 11.7 Å². The molecule has 81 heavy (non-hydrogen) atoms. The fourth-order valence-corrected chi connectivity index (χ4v) is 9.80. The number of unbranched alkanes of at least 4 members (excludes halogenated alkanes) is 2. The molecule has 426 valence electrons. The minimum atomic E-state index is -1.31. The van der Waals surface area contributed by atoms with Gasteiger partial charge in [-0.2, -0.15) is 0 Å². The first-order chi connectivity index (χ1) is 38.7. The molecule has 0 saturated carbocycles. The van der Waals surface area contributed by atoms with Crippen molar-refractivity contribution in [1.82, 2.24) is 46.2 Å². The third kappa shape index (κ3) is 14.0. The minimum Gasteiger partial charge on any atom is -0.352 e. The molecule has 7 N–H and O–H groups in total. The number of benzene rings is 4. The van der Waals surface area contributed by atoms with E-state index in [1.54, 1.807) is 26.0 Å². The molecule has 4 aromatic rings. The topological polar surface area (TPSA) is 373 Å². The van der Waals surface area contributed by atoms with E-state index in [1.807, 2.05) is 0 Å². The molecule has 0 radical (unpaired) electrons. The highest BCUT2D eigenvalue weighted by atomic mass is 16.6. The van der Waals surface area contributed by atoms with E-state index in [2.05, 4.69) is 26.6 Å². The van der Waals surface area contributed by atoms with E-state index in [-0.39, 0.29) is 117 Å². The zero-order chi connectivity index (χ0) is 58.7. The van der Waals surface area contributed by atoms with Crippen molar-refractivity contribution in [3.05, 3.63) is 115 Å². The molecule has 0 bridgehead atoms. The number of carbonyl (C=O) groups excluding carboxylic acids is 11. The number of non-ortho nitro benzene ring substituents is 2. The summed E-state index contributed by atoms with van der Waals surface area (Å²) in [5, 5.41) is 38.1.